The number of aromatic nitrogens is 3. The number of carbonyl (C=O) groups excluding carboxylic acids is 1. The minimum Gasteiger partial charge on any atom is -0.328 e. The molecule has 0 radical (unpaired) electrons. The molecular formula is C30H28N6OS. The fraction of sp³-hybridized carbons (Fsp3) is 0.200. The fourth-order valence-electron chi connectivity index (χ4n) is 4.79. The lowest BCUT2D eigenvalue weighted by molar-refractivity contribution is 0.102. The molecule has 1 amide bonds. The summed E-state index contributed by atoms with van der Waals surface area (Å²) in [4.78, 5) is 30.2. The van der Waals surface area contributed by atoms with Crippen LogP contribution in [-0.2, 0) is 6.54 Å². The van der Waals surface area contributed by atoms with E-state index in [9.17, 15) is 4.79 Å². The second-order valence-corrected chi connectivity index (χ2v) is 10.6. The van der Waals surface area contributed by atoms with Crippen LogP contribution in [0.3, 0.4) is 0 Å². The lowest BCUT2D eigenvalue weighted by atomic mass is 10.0. The second kappa shape index (κ2) is 10.8. The molecule has 0 saturated carbocycles. The highest BCUT2D eigenvalue weighted by molar-refractivity contribution is 7.21. The van der Waals surface area contributed by atoms with Gasteiger partial charge in [0.05, 0.1) is 5.69 Å². The number of nitrogens with zero attached hydrogens (tertiary/aromatic N) is 4. The van der Waals surface area contributed by atoms with Gasteiger partial charge >= 0.3 is 0 Å². The number of carbonyl (C=O) groups is 1. The molecule has 7 nitrogen and oxygen atoms in total. The third kappa shape index (κ3) is 5.33. The van der Waals surface area contributed by atoms with Gasteiger partial charge in [0, 0.05) is 42.3 Å². The Morgan fingerprint density at radius 1 is 1.00 bits per heavy atom. The van der Waals surface area contributed by atoms with Gasteiger partial charge in [-0.05, 0) is 85.1 Å². The quantitative estimate of drug-likeness (QED) is 0.303. The number of benzene rings is 2. The van der Waals surface area contributed by atoms with Crippen molar-refractivity contribution in [2.45, 2.75) is 25.4 Å². The Balaban J connectivity index is 1.23. The molecule has 1 fully saturated rings. The number of thiazole rings is 1. The fourth-order valence-corrected chi connectivity index (χ4v) is 5.72. The van der Waals surface area contributed by atoms with E-state index >= 15 is 0 Å². The number of para-hydroxylation sites is 1. The minimum absolute atomic E-state index is 0.170. The summed E-state index contributed by atoms with van der Waals surface area (Å²) in [5.41, 5.74) is 12.2. The van der Waals surface area contributed by atoms with E-state index in [2.05, 4.69) is 21.3 Å². The van der Waals surface area contributed by atoms with Crippen LogP contribution in [0.25, 0.3) is 32.0 Å². The highest BCUT2D eigenvalue weighted by Crippen LogP contribution is 2.34. The van der Waals surface area contributed by atoms with Crippen molar-refractivity contribution in [3.63, 3.8) is 0 Å². The normalized spacial score (nSPS) is 14.6. The van der Waals surface area contributed by atoms with Gasteiger partial charge in [-0.1, -0.05) is 35.6 Å². The van der Waals surface area contributed by atoms with Gasteiger partial charge < -0.3 is 11.1 Å². The van der Waals surface area contributed by atoms with Gasteiger partial charge in [-0.2, -0.15) is 0 Å². The van der Waals surface area contributed by atoms with E-state index in [1.165, 1.54) is 11.3 Å². The van der Waals surface area contributed by atoms with Crippen molar-refractivity contribution in [2.75, 3.05) is 18.4 Å². The van der Waals surface area contributed by atoms with Crippen molar-refractivity contribution in [3.8, 4) is 21.7 Å². The van der Waals surface area contributed by atoms with E-state index in [1.807, 2.05) is 66.9 Å². The van der Waals surface area contributed by atoms with Crippen molar-refractivity contribution in [2.24, 2.45) is 5.73 Å². The molecule has 38 heavy (non-hydrogen) atoms. The Hall–Kier alpha value is -3.98. The first-order chi connectivity index (χ1) is 18.6. The zero-order valence-electron chi connectivity index (χ0n) is 20.9. The smallest absolute Gasteiger partial charge is 0.255 e. The summed E-state index contributed by atoms with van der Waals surface area (Å²) in [5.74, 6) is -0.170. The summed E-state index contributed by atoms with van der Waals surface area (Å²) in [7, 11) is 0. The van der Waals surface area contributed by atoms with Gasteiger partial charge in [0.15, 0.2) is 0 Å². The number of nitrogens with two attached hydrogens (primary N) is 1. The lowest BCUT2D eigenvalue weighted by Gasteiger charge is -2.29. The Kier molecular flexibility index (Phi) is 6.92. The number of fused-ring (bicyclic) bond motifs is 1. The van der Waals surface area contributed by atoms with Gasteiger partial charge in [0.1, 0.15) is 15.4 Å². The third-order valence-electron chi connectivity index (χ3n) is 6.89. The van der Waals surface area contributed by atoms with Crippen LogP contribution in [0, 0.1) is 0 Å². The SMILES string of the molecule is NC1CCN(Cc2cnc3sc(-c4ccccc4NC(=O)c4cccc(-c5ccncc5)c4)nc3c2)CC1. The molecule has 0 spiro atoms. The van der Waals surface area contributed by atoms with Crippen LogP contribution in [0.4, 0.5) is 5.69 Å². The molecule has 8 heteroatoms. The zero-order chi connectivity index (χ0) is 25.9. The number of likely N-dealkylation sites (tertiary alicyclic amines) is 1. The lowest BCUT2D eigenvalue weighted by Crippen LogP contribution is -2.39. The molecule has 1 aliphatic rings. The number of rotatable bonds is 6. The number of hydrogen-bond donors (Lipinski definition) is 2. The first-order valence-electron chi connectivity index (χ1n) is 12.8. The predicted molar refractivity (Wildman–Crippen MR) is 153 cm³/mol. The van der Waals surface area contributed by atoms with E-state index in [-0.39, 0.29) is 5.91 Å². The number of amides is 1. The van der Waals surface area contributed by atoms with E-state index in [0.717, 1.165) is 75.8 Å². The van der Waals surface area contributed by atoms with Crippen LogP contribution in [0.1, 0.15) is 28.8 Å². The van der Waals surface area contributed by atoms with Crippen molar-refractivity contribution in [1.82, 2.24) is 19.9 Å². The summed E-state index contributed by atoms with van der Waals surface area (Å²) in [6, 6.07) is 21.7. The summed E-state index contributed by atoms with van der Waals surface area (Å²) < 4.78 is 0. The molecule has 3 aromatic heterocycles. The van der Waals surface area contributed by atoms with E-state index < -0.39 is 0 Å². The predicted octanol–water partition coefficient (Wildman–Crippen LogP) is 5.60. The van der Waals surface area contributed by atoms with Gasteiger partial charge in [0.25, 0.3) is 5.91 Å². The molecule has 6 rings (SSSR count). The molecule has 0 unspecified atom stereocenters. The summed E-state index contributed by atoms with van der Waals surface area (Å²) in [6.07, 6.45) is 7.51. The van der Waals surface area contributed by atoms with Crippen molar-refractivity contribution >= 4 is 33.3 Å². The van der Waals surface area contributed by atoms with Gasteiger partial charge in [-0.25, -0.2) is 9.97 Å². The Bertz CT molecular complexity index is 1580. The molecule has 4 heterocycles. The molecule has 0 bridgehead atoms. The number of hydrogen-bond acceptors (Lipinski definition) is 7. The maximum absolute atomic E-state index is 13.2. The Morgan fingerprint density at radius 3 is 2.66 bits per heavy atom. The van der Waals surface area contributed by atoms with Crippen LogP contribution < -0.4 is 11.1 Å². The van der Waals surface area contributed by atoms with E-state index in [4.69, 9.17) is 15.7 Å². The number of pyridine rings is 2. The molecule has 2 aromatic carbocycles. The second-order valence-electron chi connectivity index (χ2n) is 9.62. The molecule has 1 saturated heterocycles. The van der Waals surface area contributed by atoms with Crippen LogP contribution in [0.5, 0.6) is 0 Å². The monoisotopic (exact) mass is 520 g/mol. The van der Waals surface area contributed by atoms with Gasteiger partial charge in [0.2, 0.25) is 0 Å². The summed E-state index contributed by atoms with van der Waals surface area (Å²) >= 11 is 1.53. The molecule has 0 aliphatic carbocycles. The molecule has 190 valence electrons. The third-order valence-corrected chi connectivity index (χ3v) is 7.90. The summed E-state index contributed by atoms with van der Waals surface area (Å²) in [5, 5.41) is 3.92. The number of piperidine rings is 1. The van der Waals surface area contributed by atoms with Gasteiger partial charge in [-0.15, -0.1) is 0 Å². The minimum atomic E-state index is -0.170. The zero-order valence-corrected chi connectivity index (χ0v) is 21.7. The first kappa shape index (κ1) is 24.4. The molecular weight excluding hydrogens is 492 g/mol. The maximum atomic E-state index is 13.2. The maximum Gasteiger partial charge on any atom is 0.255 e. The van der Waals surface area contributed by atoms with Crippen LogP contribution in [0.2, 0.25) is 0 Å². The van der Waals surface area contributed by atoms with Crippen LogP contribution in [-0.4, -0.2) is 44.9 Å². The van der Waals surface area contributed by atoms with Crippen LogP contribution >= 0.6 is 11.3 Å². The van der Waals surface area contributed by atoms with Crippen molar-refractivity contribution in [3.05, 3.63) is 96.4 Å². The molecule has 3 N–H and O–H groups in total. The van der Waals surface area contributed by atoms with Crippen molar-refractivity contribution in [1.29, 1.82) is 0 Å². The Labute approximate surface area is 225 Å². The number of nitrogens with one attached hydrogen (secondary N) is 1. The van der Waals surface area contributed by atoms with Crippen LogP contribution in [0.15, 0.2) is 85.3 Å². The number of anilines is 1. The highest BCUT2D eigenvalue weighted by atomic mass is 32.1. The Morgan fingerprint density at radius 2 is 1.82 bits per heavy atom. The topological polar surface area (TPSA) is 97.0 Å². The summed E-state index contributed by atoms with van der Waals surface area (Å²) in [6.45, 7) is 2.88. The molecule has 0 atom stereocenters. The first-order valence-corrected chi connectivity index (χ1v) is 13.6. The van der Waals surface area contributed by atoms with Gasteiger partial charge in [-0.3, -0.25) is 14.7 Å². The standard InChI is InChI=1S/C30H28N6OS/c31-24-10-14-36(15-11-24)19-20-16-27-30(33-18-20)38-29(35-27)25-6-1-2-7-26(25)34-28(37)23-5-3-4-22(17-23)21-8-12-32-13-9-21/h1-9,12-13,16-18,24H,10-11,14-15,19,31H2,(H,34,37). The average molecular weight is 521 g/mol. The average Bonchev–Trinajstić information content (AvgIpc) is 3.38. The van der Waals surface area contributed by atoms with Crippen molar-refractivity contribution < 1.29 is 4.79 Å². The van der Waals surface area contributed by atoms with E-state index in [0.29, 0.717) is 11.6 Å². The molecule has 5 aromatic rings. The largest absolute Gasteiger partial charge is 0.328 e. The molecule has 1 aliphatic heterocycles. The highest BCUT2D eigenvalue weighted by Gasteiger charge is 2.18. The van der Waals surface area contributed by atoms with E-state index in [1.54, 1.807) is 12.4 Å².